The Hall–Kier alpha value is -2.81. The second-order valence-electron chi connectivity index (χ2n) is 6.60. The van der Waals surface area contributed by atoms with Crippen molar-refractivity contribution in [3.8, 4) is 0 Å². The molecule has 1 atom stereocenters. The first-order valence-corrected chi connectivity index (χ1v) is 9.32. The van der Waals surface area contributed by atoms with Crippen molar-refractivity contribution in [2.75, 3.05) is 33.4 Å². The summed E-state index contributed by atoms with van der Waals surface area (Å²) in [5.41, 5.74) is 1.48. The Morgan fingerprint density at radius 3 is 3.00 bits per heavy atom. The van der Waals surface area contributed by atoms with Crippen molar-refractivity contribution >= 4 is 11.9 Å². The predicted molar refractivity (Wildman–Crippen MR) is 103 cm³/mol. The first kappa shape index (κ1) is 19.9. The molecule has 2 aromatic rings. The average molecular weight is 389 g/mol. The highest BCUT2D eigenvalue weighted by molar-refractivity contribution is 5.90. The molecule has 152 valence electrons. The van der Waals surface area contributed by atoms with E-state index in [2.05, 4.69) is 20.3 Å². The Morgan fingerprint density at radius 2 is 2.32 bits per heavy atom. The van der Waals surface area contributed by atoms with Crippen LogP contribution in [0, 0.1) is 6.92 Å². The molecule has 1 aliphatic heterocycles. The number of nitrogens with zero attached hydrogens (tertiary/aromatic N) is 4. The number of morpholine rings is 1. The van der Waals surface area contributed by atoms with Gasteiger partial charge in [0.05, 0.1) is 26.5 Å². The molecule has 0 spiro atoms. The van der Waals surface area contributed by atoms with Gasteiger partial charge in [-0.05, 0) is 19.9 Å². The molecule has 0 saturated carbocycles. The van der Waals surface area contributed by atoms with Crippen molar-refractivity contribution in [2.24, 2.45) is 12.0 Å². The van der Waals surface area contributed by atoms with E-state index in [-0.39, 0.29) is 6.10 Å². The van der Waals surface area contributed by atoms with Gasteiger partial charge in [-0.2, -0.15) is 5.10 Å². The molecule has 0 amide bonds. The minimum atomic E-state index is -0.407. The zero-order chi connectivity index (χ0) is 20.1. The van der Waals surface area contributed by atoms with Crippen molar-refractivity contribution in [2.45, 2.75) is 26.5 Å². The van der Waals surface area contributed by atoms with E-state index in [0.717, 1.165) is 24.6 Å². The number of esters is 1. The highest BCUT2D eigenvalue weighted by atomic mass is 16.5. The smallest absolute Gasteiger partial charge is 0.341 e. The van der Waals surface area contributed by atoms with Gasteiger partial charge < -0.3 is 24.1 Å². The lowest BCUT2D eigenvalue weighted by Gasteiger charge is -2.34. The van der Waals surface area contributed by atoms with E-state index in [0.29, 0.717) is 36.8 Å². The number of aromatic nitrogens is 2. The summed E-state index contributed by atoms with van der Waals surface area (Å²) in [4.78, 5) is 18.6. The molecule has 1 aliphatic rings. The van der Waals surface area contributed by atoms with E-state index < -0.39 is 5.97 Å². The number of aliphatic imine (C=N–C) groups is 1. The SMILES string of the molecule is CCNC(=NCc1cc(C(=O)OC)c(C)o1)N1CCOC(c2cnn(C)c2)C1. The summed E-state index contributed by atoms with van der Waals surface area (Å²) in [7, 11) is 3.25. The Bertz CT molecular complexity index is 841. The molecule has 1 unspecified atom stereocenters. The van der Waals surface area contributed by atoms with E-state index in [4.69, 9.17) is 13.9 Å². The lowest BCUT2D eigenvalue weighted by molar-refractivity contribution is -0.00806. The number of ether oxygens (including phenoxy) is 2. The molecule has 1 fully saturated rings. The third kappa shape index (κ3) is 4.53. The number of aryl methyl sites for hydroxylation is 2. The van der Waals surface area contributed by atoms with Gasteiger partial charge in [0.15, 0.2) is 5.96 Å². The largest absolute Gasteiger partial charge is 0.465 e. The molecule has 2 aromatic heterocycles. The molecule has 3 rings (SSSR count). The van der Waals surface area contributed by atoms with Crippen LogP contribution in [0.15, 0.2) is 27.9 Å². The lowest BCUT2D eigenvalue weighted by atomic mass is 10.1. The van der Waals surface area contributed by atoms with Crippen LogP contribution in [0.2, 0.25) is 0 Å². The van der Waals surface area contributed by atoms with Crippen LogP contribution in [0.3, 0.4) is 0 Å². The number of hydrogen-bond donors (Lipinski definition) is 1. The molecule has 0 aliphatic carbocycles. The van der Waals surface area contributed by atoms with Gasteiger partial charge in [-0.3, -0.25) is 4.68 Å². The fourth-order valence-electron chi connectivity index (χ4n) is 3.16. The van der Waals surface area contributed by atoms with Crippen LogP contribution >= 0.6 is 0 Å². The van der Waals surface area contributed by atoms with Crippen LogP contribution in [-0.2, 0) is 23.1 Å². The van der Waals surface area contributed by atoms with E-state index in [1.165, 1.54) is 7.11 Å². The molecule has 0 bridgehead atoms. The van der Waals surface area contributed by atoms with Crippen molar-refractivity contribution in [3.63, 3.8) is 0 Å². The summed E-state index contributed by atoms with van der Waals surface area (Å²) < 4.78 is 18.1. The second kappa shape index (κ2) is 8.92. The minimum absolute atomic E-state index is 0.0527. The number of carbonyl (C=O) groups excluding carboxylic acids is 1. The van der Waals surface area contributed by atoms with Crippen LogP contribution in [-0.4, -0.2) is 60.0 Å². The van der Waals surface area contributed by atoms with E-state index in [1.807, 2.05) is 26.4 Å². The standard InChI is InChI=1S/C19H27N5O4/c1-5-20-19(21-10-15-8-16(13(2)28-15)18(25)26-4)24-6-7-27-17(12-24)14-9-22-23(3)11-14/h8-9,11,17H,5-7,10,12H2,1-4H3,(H,20,21). The summed E-state index contributed by atoms with van der Waals surface area (Å²) in [5.74, 6) is 1.53. The van der Waals surface area contributed by atoms with Crippen molar-refractivity contribution in [3.05, 3.63) is 41.1 Å². The molecule has 9 nitrogen and oxygen atoms in total. The zero-order valence-electron chi connectivity index (χ0n) is 16.8. The number of furan rings is 1. The van der Waals surface area contributed by atoms with Gasteiger partial charge >= 0.3 is 5.97 Å². The van der Waals surface area contributed by atoms with Crippen molar-refractivity contribution in [1.82, 2.24) is 20.0 Å². The Labute approximate surface area is 164 Å². The molecule has 0 aromatic carbocycles. The molecule has 28 heavy (non-hydrogen) atoms. The molecule has 1 saturated heterocycles. The Kier molecular flexibility index (Phi) is 6.35. The summed E-state index contributed by atoms with van der Waals surface area (Å²) in [5, 5.41) is 7.55. The molecular weight excluding hydrogens is 362 g/mol. The number of carbonyl (C=O) groups is 1. The molecule has 9 heteroatoms. The summed E-state index contributed by atoms with van der Waals surface area (Å²) >= 11 is 0. The molecular formula is C19H27N5O4. The van der Waals surface area contributed by atoms with E-state index in [9.17, 15) is 4.79 Å². The van der Waals surface area contributed by atoms with Gasteiger partial charge in [0.25, 0.3) is 0 Å². The molecule has 0 radical (unpaired) electrons. The van der Waals surface area contributed by atoms with Crippen LogP contribution in [0.4, 0.5) is 0 Å². The highest BCUT2D eigenvalue weighted by Crippen LogP contribution is 2.22. The number of rotatable bonds is 5. The van der Waals surface area contributed by atoms with Crippen molar-refractivity contribution < 1.29 is 18.7 Å². The van der Waals surface area contributed by atoms with Crippen LogP contribution in [0.1, 0.15) is 40.5 Å². The van der Waals surface area contributed by atoms with Crippen LogP contribution in [0.25, 0.3) is 0 Å². The quantitative estimate of drug-likeness (QED) is 0.472. The Balaban J connectivity index is 1.72. The number of nitrogens with one attached hydrogen (secondary N) is 1. The first-order valence-electron chi connectivity index (χ1n) is 9.32. The van der Waals surface area contributed by atoms with Gasteiger partial charge in [-0.25, -0.2) is 9.79 Å². The Morgan fingerprint density at radius 1 is 1.50 bits per heavy atom. The maximum atomic E-state index is 11.7. The predicted octanol–water partition coefficient (Wildman–Crippen LogP) is 1.65. The van der Waals surface area contributed by atoms with Crippen LogP contribution < -0.4 is 5.32 Å². The highest BCUT2D eigenvalue weighted by Gasteiger charge is 2.25. The second-order valence-corrected chi connectivity index (χ2v) is 6.60. The van der Waals surface area contributed by atoms with Gasteiger partial charge in [-0.1, -0.05) is 0 Å². The maximum absolute atomic E-state index is 11.7. The zero-order valence-corrected chi connectivity index (χ0v) is 16.8. The minimum Gasteiger partial charge on any atom is -0.465 e. The normalized spacial score (nSPS) is 17.6. The van der Waals surface area contributed by atoms with Crippen molar-refractivity contribution in [1.29, 1.82) is 0 Å². The van der Waals surface area contributed by atoms with Gasteiger partial charge in [0.2, 0.25) is 0 Å². The number of guanidine groups is 1. The number of methoxy groups -OCH3 is 1. The van der Waals surface area contributed by atoms with E-state index >= 15 is 0 Å². The topological polar surface area (TPSA) is 94.1 Å². The summed E-state index contributed by atoms with van der Waals surface area (Å²) in [6, 6.07) is 1.69. The number of hydrogen-bond acceptors (Lipinski definition) is 6. The van der Waals surface area contributed by atoms with E-state index in [1.54, 1.807) is 17.7 Å². The van der Waals surface area contributed by atoms with Gasteiger partial charge in [-0.15, -0.1) is 0 Å². The lowest BCUT2D eigenvalue weighted by Crippen LogP contribution is -2.48. The summed E-state index contributed by atoms with van der Waals surface area (Å²) in [6.45, 7) is 6.88. The average Bonchev–Trinajstić information content (AvgIpc) is 3.30. The fourth-order valence-corrected chi connectivity index (χ4v) is 3.16. The van der Waals surface area contributed by atoms with Gasteiger partial charge in [0, 0.05) is 31.9 Å². The fraction of sp³-hybridized carbons (Fsp3) is 0.526. The maximum Gasteiger partial charge on any atom is 0.341 e. The molecule has 3 heterocycles. The van der Waals surface area contributed by atoms with Crippen LogP contribution in [0.5, 0.6) is 0 Å². The third-order valence-corrected chi connectivity index (χ3v) is 4.56. The molecule has 1 N–H and O–H groups in total. The third-order valence-electron chi connectivity index (χ3n) is 4.56. The monoisotopic (exact) mass is 389 g/mol. The van der Waals surface area contributed by atoms with Gasteiger partial charge in [0.1, 0.15) is 29.7 Å². The summed E-state index contributed by atoms with van der Waals surface area (Å²) in [6.07, 6.45) is 3.75. The first-order chi connectivity index (χ1) is 13.5.